The highest BCUT2D eigenvalue weighted by atomic mass is 19.1. The third kappa shape index (κ3) is 1.99. The van der Waals surface area contributed by atoms with Gasteiger partial charge in [-0.25, -0.2) is 4.39 Å². The fraction of sp³-hybridized carbons (Fsp3) is 0.308. The molecule has 0 unspecified atom stereocenters. The van der Waals surface area contributed by atoms with Gasteiger partial charge in [0.25, 0.3) is 11.7 Å². The van der Waals surface area contributed by atoms with Gasteiger partial charge in [0.1, 0.15) is 12.4 Å². The van der Waals surface area contributed by atoms with E-state index in [1.807, 2.05) is 0 Å². The van der Waals surface area contributed by atoms with E-state index in [0.29, 0.717) is 0 Å². The molecule has 3 rings (SSSR count). The molecule has 2 amide bonds. The van der Waals surface area contributed by atoms with E-state index in [9.17, 15) is 18.8 Å². The van der Waals surface area contributed by atoms with Crippen molar-refractivity contribution in [2.24, 2.45) is 0 Å². The lowest BCUT2D eigenvalue weighted by Crippen LogP contribution is -2.41. The van der Waals surface area contributed by atoms with Gasteiger partial charge >= 0.3 is 0 Å². The number of ketones is 1. The fourth-order valence-corrected chi connectivity index (χ4v) is 2.11. The monoisotopic (exact) mass is 262 g/mol. The molecule has 0 saturated heterocycles. The molecule has 0 radical (unpaired) electrons. The van der Waals surface area contributed by atoms with Crippen molar-refractivity contribution in [3.8, 4) is 0 Å². The van der Waals surface area contributed by atoms with Gasteiger partial charge in [-0.15, -0.1) is 0 Å². The molecule has 6 heteroatoms. The Hall–Kier alpha value is -2.24. The number of para-hydroxylation sites is 1. The zero-order valence-electron chi connectivity index (χ0n) is 9.98. The molecule has 1 aliphatic heterocycles. The summed E-state index contributed by atoms with van der Waals surface area (Å²) in [5, 5.41) is 2.70. The van der Waals surface area contributed by atoms with Crippen LogP contribution >= 0.6 is 0 Å². The van der Waals surface area contributed by atoms with Gasteiger partial charge in [-0.1, -0.05) is 6.07 Å². The Morgan fingerprint density at radius 3 is 2.79 bits per heavy atom. The van der Waals surface area contributed by atoms with Gasteiger partial charge in [-0.05, 0) is 25.0 Å². The number of nitrogens with one attached hydrogen (secondary N) is 1. The first kappa shape index (κ1) is 11.8. The number of fused-ring (bicyclic) bond motifs is 1. The maximum absolute atomic E-state index is 13.7. The van der Waals surface area contributed by atoms with Crippen LogP contribution in [0.4, 0.5) is 10.1 Å². The Bertz CT molecular complexity index is 596. The first-order valence-electron chi connectivity index (χ1n) is 6.02. The number of carbonyl (C=O) groups excluding carboxylic acids is 3. The molecule has 1 N–H and O–H groups in total. The third-order valence-electron chi connectivity index (χ3n) is 3.18. The SMILES string of the molecule is O=C(CN1C(=O)C(=O)c2cccc(F)c21)NC1CC1. The summed E-state index contributed by atoms with van der Waals surface area (Å²) in [4.78, 5) is 36.1. The number of carbonyl (C=O) groups is 3. The number of Topliss-reactive ketones (excluding diaryl/α,β-unsaturated/α-hetero) is 1. The highest BCUT2D eigenvalue weighted by Gasteiger charge is 2.39. The van der Waals surface area contributed by atoms with E-state index in [1.165, 1.54) is 12.1 Å². The summed E-state index contributed by atoms with van der Waals surface area (Å²) in [6.45, 7) is -0.324. The van der Waals surface area contributed by atoms with Gasteiger partial charge < -0.3 is 5.32 Å². The molecule has 0 atom stereocenters. The minimum Gasteiger partial charge on any atom is -0.352 e. The van der Waals surface area contributed by atoms with Gasteiger partial charge in [0.2, 0.25) is 5.91 Å². The molecule has 5 nitrogen and oxygen atoms in total. The van der Waals surface area contributed by atoms with E-state index in [4.69, 9.17) is 0 Å². The van der Waals surface area contributed by atoms with Crippen molar-refractivity contribution >= 4 is 23.3 Å². The summed E-state index contributed by atoms with van der Waals surface area (Å²) in [6, 6.07) is 4.07. The van der Waals surface area contributed by atoms with Crippen LogP contribution in [0, 0.1) is 5.82 Å². The number of halogens is 1. The molecule has 1 aromatic carbocycles. The fourth-order valence-electron chi connectivity index (χ4n) is 2.11. The molecule has 0 bridgehead atoms. The molecule has 1 aliphatic carbocycles. The number of amides is 2. The molecule has 1 heterocycles. The maximum Gasteiger partial charge on any atom is 0.300 e. The van der Waals surface area contributed by atoms with E-state index in [2.05, 4.69) is 5.32 Å². The quantitative estimate of drug-likeness (QED) is 0.813. The van der Waals surface area contributed by atoms with Crippen molar-refractivity contribution < 1.29 is 18.8 Å². The summed E-state index contributed by atoms with van der Waals surface area (Å²) in [6.07, 6.45) is 1.84. The normalized spacial score (nSPS) is 17.6. The Kier molecular flexibility index (Phi) is 2.58. The second-order valence-electron chi connectivity index (χ2n) is 4.70. The van der Waals surface area contributed by atoms with Crippen LogP contribution in [-0.2, 0) is 9.59 Å². The van der Waals surface area contributed by atoms with Crippen molar-refractivity contribution in [3.63, 3.8) is 0 Å². The summed E-state index contributed by atoms with van der Waals surface area (Å²) >= 11 is 0. The van der Waals surface area contributed by atoms with E-state index >= 15 is 0 Å². The first-order valence-corrected chi connectivity index (χ1v) is 6.02. The van der Waals surface area contributed by atoms with Gasteiger partial charge in [0, 0.05) is 6.04 Å². The minimum absolute atomic E-state index is 0.0178. The van der Waals surface area contributed by atoms with Crippen molar-refractivity contribution in [2.45, 2.75) is 18.9 Å². The predicted octanol–water partition coefficient (Wildman–Crippen LogP) is 0.634. The second-order valence-corrected chi connectivity index (χ2v) is 4.70. The van der Waals surface area contributed by atoms with Crippen LogP contribution in [0.25, 0.3) is 0 Å². The first-order chi connectivity index (χ1) is 9.08. The largest absolute Gasteiger partial charge is 0.352 e. The number of hydrogen-bond acceptors (Lipinski definition) is 3. The highest BCUT2D eigenvalue weighted by molar-refractivity contribution is 6.52. The van der Waals surface area contributed by atoms with Crippen molar-refractivity contribution in [1.82, 2.24) is 5.32 Å². The smallest absolute Gasteiger partial charge is 0.300 e. The number of anilines is 1. The van der Waals surface area contributed by atoms with Gasteiger partial charge in [0.15, 0.2) is 0 Å². The van der Waals surface area contributed by atoms with Crippen molar-refractivity contribution in [3.05, 3.63) is 29.6 Å². The van der Waals surface area contributed by atoms with Crippen LogP contribution in [0.1, 0.15) is 23.2 Å². The summed E-state index contributed by atoms with van der Waals surface area (Å²) in [5.41, 5.74) is -0.0762. The van der Waals surface area contributed by atoms with E-state index in [-0.39, 0.29) is 29.7 Å². The third-order valence-corrected chi connectivity index (χ3v) is 3.18. The Morgan fingerprint density at radius 2 is 2.11 bits per heavy atom. The Morgan fingerprint density at radius 1 is 1.37 bits per heavy atom. The highest BCUT2D eigenvalue weighted by Crippen LogP contribution is 2.31. The molecule has 0 spiro atoms. The average molecular weight is 262 g/mol. The number of nitrogens with zero attached hydrogens (tertiary/aromatic N) is 1. The molecule has 1 aromatic rings. The van der Waals surface area contributed by atoms with Crippen LogP contribution in [0.2, 0.25) is 0 Å². The topological polar surface area (TPSA) is 66.5 Å². The van der Waals surface area contributed by atoms with Crippen LogP contribution in [0.3, 0.4) is 0 Å². The Balaban J connectivity index is 1.87. The van der Waals surface area contributed by atoms with E-state index in [1.54, 1.807) is 0 Å². The van der Waals surface area contributed by atoms with E-state index < -0.39 is 17.5 Å². The summed E-state index contributed by atoms with van der Waals surface area (Å²) in [7, 11) is 0. The second kappa shape index (κ2) is 4.15. The minimum atomic E-state index is -0.856. The molecule has 19 heavy (non-hydrogen) atoms. The van der Waals surface area contributed by atoms with Gasteiger partial charge in [0.05, 0.1) is 11.3 Å². The van der Waals surface area contributed by atoms with Gasteiger partial charge in [-0.3, -0.25) is 19.3 Å². The molecule has 1 fully saturated rings. The lowest BCUT2D eigenvalue weighted by Gasteiger charge is -2.16. The van der Waals surface area contributed by atoms with Crippen LogP contribution < -0.4 is 10.2 Å². The van der Waals surface area contributed by atoms with Crippen LogP contribution in [0.5, 0.6) is 0 Å². The number of benzene rings is 1. The zero-order chi connectivity index (χ0) is 13.6. The average Bonchev–Trinajstić information content (AvgIpc) is 3.14. The van der Waals surface area contributed by atoms with Crippen molar-refractivity contribution in [1.29, 1.82) is 0 Å². The lowest BCUT2D eigenvalue weighted by molar-refractivity contribution is -0.122. The number of hydrogen-bond donors (Lipinski definition) is 1. The summed E-state index contributed by atoms with van der Waals surface area (Å²) in [5.74, 6) is -2.67. The molecule has 2 aliphatic rings. The zero-order valence-corrected chi connectivity index (χ0v) is 9.98. The van der Waals surface area contributed by atoms with Crippen LogP contribution in [-0.4, -0.2) is 30.2 Å². The standard InChI is InChI=1S/C13H11FN2O3/c14-9-3-1-2-8-11(9)16(13(19)12(8)18)6-10(17)15-7-4-5-7/h1-3,7H,4-6H2,(H,15,17). The molecular weight excluding hydrogens is 251 g/mol. The van der Waals surface area contributed by atoms with Crippen molar-refractivity contribution in [2.75, 3.05) is 11.4 Å². The maximum atomic E-state index is 13.7. The number of rotatable bonds is 3. The van der Waals surface area contributed by atoms with Gasteiger partial charge in [-0.2, -0.15) is 0 Å². The molecule has 1 saturated carbocycles. The predicted molar refractivity (Wildman–Crippen MR) is 64.2 cm³/mol. The molecular formula is C13H11FN2O3. The Labute approximate surface area is 108 Å². The van der Waals surface area contributed by atoms with E-state index in [0.717, 1.165) is 23.8 Å². The molecule has 98 valence electrons. The summed E-state index contributed by atoms with van der Waals surface area (Å²) < 4.78 is 13.7. The molecule has 0 aromatic heterocycles. The lowest BCUT2D eigenvalue weighted by atomic mass is 10.1. The van der Waals surface area contributed by atoms with Crippen LogP contribution in [0.15, 0.2) is 18.2 Å².